The average molecular weight is 298 g/mol. The minimum atomic E-state index is 0.686. The zero-order chi connectivity index (χ0) is 15.0. The normalized spacial score (nSPS) is 11.6. The van der Waals surface area contributed by atoms with Crippen molar-refractivity contribution in [3.8, 4) is 0 Å². The van der Waals surface area contributed by atoms with Gasteiger partial charge in [-0.3, -0.25) is 0 Å². The Morgan fingerprint density at radius 2 is 2.05 bits per heavy atom. The van der Waals surface area contributed by atoms with Gasteiger partial charge in [-0.25, -0.2) is 4.98 Å². The fraction of sp³-hybridized carbons (Fsp3) is 0.800. The van der Waals surface area contributed by atoms with Gasteiger partial charge in [-0.2, -0.15) is 0 Å². The van der Waals surface area contributed by atoms with Gasteiger partial charge in [0.05, 0.1) is 5.69 Å². The first-order chi connectivity index (χ1) is 9.52. The molecule has 0 aliphatic heterocycles. The van der Waals surface area contributed by atoms with E-state index in [1.807, 2.05) is 0 Å². The van der Waals surface area contributed by atoms with Gasteiger partial charge < -0.3 is 15.1 Å². The predicted octanol–water partition coefficient (Wildman–Crippen LogP) is 2.67. The Hall–Kier alpha value is -0.650. The number of aromatic nitrogens is 1. The number of nitrogens with one attached hydrogen (secondary N) is 1. The van der Waals surface area contributed by atoms with Crippen LogP contribution in [-0.4, -0.2) is 50.2 Å². The number of anilines is 1. The fourth-order valence-corrected chi connectivity index (χ4v) is 2.90. The molecule has 0 radical (unpaired) electrons. The minimum Gasteiger partial charge on any atom is -0.348 e. The Kier molecular flexibility index (Phi) is 8.11. The van der Waals surface area contributed by atoms with Crippen molar-refractivity contribution in [2.24, 2.45) is 5.92 Å². The molecule has 5 heteroatoms. The molecule has 0 saturated carbocycles. The van der Waals surface area contributed by atoms with Crippen LogP contribution in [0.25, 0.3) is 0 Å². The van der Waals surface area contributed by atoms with E-state index in [4.69, 9.17) is 4.98 Å². The molecule has 0 spiro atoms. The Bertz CT molecular complexity index is 363. The standard InChI is InChI=1S/C15H30N4S/c1-6-19(9-7-8-18(4)5)15-17-14(12-20-15)11-16-10-13(2)3/h12-13,16H,6-11H2,1-5H3. The molecule has 0 atom stereocenters. The molecule has 0 unspecified atom stereocenters. The smallest absolute Gasteiger partial charge is 0.185 e. The van der Waals surface area contributed by atoms with Gasteiger partial charge in [0.1, 0.15) is 0 Å². The van der Waals surface area contributed by atoms with Gasteiger partial charge in [0.15, 0.2) is 5.13 Å². The number of rotatable bonds is 10. The van der Waals surface area contributed by atoms with E-state index in [0.29, 0.717) is 5.92 Å². The van der Waals surface area contributed by atoms with E-state index < -0.39 is 0 Å². The van der Waals surface area contributed by atoms with E-state index >= 15 is 0 Å². The number of hydrogen-bond acceptors (Lipinski definition) is 5. The largest absolute Gasteiger partial charge is 0.348 e. The van der Waals surface area contributed by atoms with Crippen molar-refractivity contribution in [2.75, 3.05) is 45.2 Å². The SMILES string of the molecule is CCN(CCCN(C)C)c1nc(CNCC(C)C)cs1. The zero-order valence-electron chi connectivity index (χ0n) is 13.6. The molecule has 1 heterocycles. The Balaban J connectivity index is 2.42. The molecule has 0 aliphatic carbocycles. The highest BCUT2D eigenvalue weighted by Crippen LogP contribution is 2.20. The highest BCUT2D eigenvalue weighted by molar-refractivity contribution is 7.13. The third-order valence-electron chi connectivity index (χ3n) is 3.08. The van der Waals surface area contributed by atoms with Crippen molar-refractivity contribution in [1.29, 1.82) is 0 Å². The molecule has 0 bridgehead atoms. The molecular weight excluding hydrogens is 268 g/mol. The van der Waals surface area contributed by atoms with Crippen molar-refractivity contribution < 1.29 is 0 Å². The van der Waals surface area contributed by atoms with Crippen molar-refractivity contribution >= 4 is 16.5 Å². The van der Waals surface area contributed by atoms with Crippen molar-refractivity contribution in [3.63, 3.8) is 0 Å². The molecular formula is C15H30N4S. The van der Waals surface area contributed by atoms with Gasteiger partial charge in [-0.15, -0.1) is 11.3 Å². The van der Waals surface area contributed by atoms with Gasteiger partial charge in [0.2, 0.25) is 0 Å². The van der Waals surface area contributed by atoms with Crippen LogP contribution < -0.4 is 10.2 Å². The number of hydrogen-bond donors (Lipinski definition) is 1. The minimum absolute atomic E-state index is 0.686. The monoisotopic (exact) mass is 298 g/mol. The van der Waals surface area contributed by atoms with Crippen LogP contribution in [0.15, 0.2) is 5.38 Å². The van der Waals surface area contributed by atoms with Crippen LogP contribution in [-0.2, 0) is 6.54 Å². The molecule has 116 valence electrons. The van der Waals surface area contributed by atoms with Crippen LogP contribution >= 0.6 is 11.3 Å². The summed E-state index contributed by atoms with van der Waals surface area (Å²) in [5.74, 6) is 0.686. The second kappa shape index (κ2) is 9.32. The fourth-order valence-electron chi connectivity index (χ4n) is 1.98. The summed E-state index contributed by atoms with van der Waals surface area (Å²) in [4.78, 5) is 9.35. The first kappa shape index (κ1) is 17.4. The second-order valence-electron chi connectivity index (χ2n) is 5.88. The summed E-state index contributed by atoms with van der Waals surface area (Å²) in [5.41, 5.74) is 1.16. The van der Waals surface area contributed by atoms with E-state index in [2.05, 4.69) is 55.4 Å². The molecule has 0 aliphatic rings. The van der Waals surface area contributed by atoms with Gasteiger partial charge in [-0.05, 0) is 46.4 Å². The first-order valence-corrected chi connectivity index (χ1v) is 8.45. The first-order valence-electron chi connectivity index (χ1n) is 7.57. The molecule has 4 nitrogen and oxygen atoms in total. The molecule has 0 amide bonds. The van der Waals surface area contributed by atoms with Gasteiger partial charge in [0, 0.05) is 25.0 Å². The van der Waals surface area contributed by atoms with Crippen LogP contribution in [0.5, 0.6) is 0 Å². The summed E-state index contributed by atoms with van der Waals surface area (Å²) in [6.45, 7) is 11.8. The van der Waals surface area contributed by atoms with E-state index in [1.54, 1.807) is 11.3 Å². The van der Waals surface area contributed by atoms with Gasteiger partial charge >= 0.3 is 0 Å². The maximum absolute atomic E-state index is 4.74. The quantitative estimate of drug-likeness (QED) is 0.719. The Labute approximate surface area is 128 Å². The lowest BCUT2D eigenvalue weighted by atomic mass is 10.2. The van der Waals surface area contributed by atoms with Gasteiger partial charge in [0.25, 0.3) is 0 Å². The summed E-state index contributed by atoms with van der Waals surface area (Å²) < 4.78 is 0. The molecule has 20 heavy (non-hydrogen) atoms. The Morgan fingerprint density at radius 3 is 2.65 bits per heavy atom. The van der Waals surface area contributed by atoms with Crippen LogP contribution in [0, 0.1) is 5.92 Å². The van der Waals surface area contributed by atoms with Crippen molar-refractivity contribution in [3.05, 3.63) is 11.1 Å². The van der Waals surface area contributed by atoms with Crippen molar-refractivity contribution in [2.45, 2.75) is 33.7 Å². The molecule has 0 fully saturated rings. The molecule has 1 rings (SSSR count). The molecule has 1 aromatic heterocycles. The number of thiazole rings is 1. The van der Waals surface area contributed by atoms with Crippen LogP contribution in [0.3, 0.4) is 0 Å². The molecule has 1 N–H and O–H groups in total. The predicted molar refractivity (Wildman–Crippen MR) is 89.7 cm³/mol. The second-order valence-corrected chi connectivity index (χ2v) is 6.72. The highest BCUT2D eigenvalue weighted by Gasteiger charge is 2.09. The topological polar surface area (TPSA) is 31.4 Å². The summed E-state index contributed by atoms with van der Waals surface area (Å²) in [6.07, 6.45) is 1.18. The summed E-state index contributed by atoms with van der Waals surface area (Å²) in [5, 5.41) is 6.79. The van der Waals surface area contributed by atoms with E-state index in [-0.39, 0.29) is 0 Å². The lowest BCUT2D eigenvalue weighted by Crippen LogP contribution is -2.27. The molecule has 0 aromatic carbocycles. The Morgan fingerprint density at radius 1 is 1.30 bits per heavy atom. The van der Waals surface area contributed by atoms with Crippen LogP contribution in [0.4, 0.5) is 5.13 Å². The van der Waals surface area contributed by atoms with Crippen LogP contribution in [0.2, 0.25) is 0 Å². The van der Waals surface area contributed by atoms with E-state index in [1.165, 1.54) is 6.42 Å². The van der Waals surface area contributed by atoms with Crippen LogP contribution in [0.1, 0.15) is 32.9 Å². The maximum Gasteiger partial charge on any atom is 0.185 e. The molecule has 1 aromatic rings. The zero-order valence-corrected chi connectivity index (χ0v) is 14.5. The summed E-state index contributed by atoms with van der Waals surface area (Å²) >= 11 is 1.76. The summed E-state index contributed by atoms with van der Waals surface area (Å²) in [7, 11) is 4.25. The van der Waals surface area contributed by atoms with Gasteiger partial charge in [-0.1, -0.05) is 13.8 Å². The number of nitrogens with zero attached hydrogens (tertiary/aromatic N) is 3. The van der Waals surface area contributed by atoms with E-state index in [9.17, 15) is 0 Å². The third kappa shape index (κ3) is 6.68. The third-order valence-corrected chi connectivity index (χ3v) is 4.03. The average Bonchev–Trinajstić information content (AvgIpc) is 2.82. The lowest BCUT2D eigenvalue weighted by molar-refractivity contribution is 0.400. The van der Waals surface area contributed by atoms with Crippen molar-refractivity contribution in [1.82, 2.24) is 15.2 Å². The highest BCUT2D eigenvalue weighted by atomic mass is 32.1. The molecule has 0 saturated heterocycles. The van der Waals surface area contributed by atoms with E-state index in [0.717, 1.165) is 43.5 Å². The lowest BCUT2D eigenvalue weighted by Gasteiger charge is -2.20. The maximum atomic E-state index is 4.74. The summed E-state index contributed by atoms with van der Waals surface area (Å²) in [6, 6.07) is 0.